The zero-order valence-electron chi connectivity index (χ0n) is 7.92. The number of hydrogen-bond acceptors (Lipinski definition) is 3. The van der Waals surface area contributed by atoms with Gasteiger partial charge in [-0.25, -0.2) is 9.97 Å². The standard InChI is InChI=1S/C11H9N3O/c15-10(9-5-2-1-3-6-9)14-11-12-7-4-8-13-11/h1-8H,(H,12,13,14,15). The van der Waals surface area contributed by atoms with Crippen LogP contribution in [0.3, 0.4) is 0 Å². The molecule has 0 aliphatic heterocycles. The van der Waals surface area contributed by atoms with Crippen molar-refractivity contribution in [2.75, 3.05) is 5.32 Å². The Hall–Kier alpha value is -2.23. The van der Waals surface area contributed by atoms with Crippen LogP contribution in [-0.4, -0.2) is 15.9 Å². The molecule has 1 amide bonds. The summed E-state index contributed by atoms with van der Waals surface area (Å²) in [6.07, 6.45) is 3.15. The van der Waals surface area contributed by atoms with E-state index in [0.29, 0.717) is 11.5 Å². The molecule has 0 saturated carbocycles. The van der Waals surface area contributed by atoms with Crippen LogP contribution in [0.15, 0.2) is 48.8 Å². The third kappa shape index (κ3) is 2.37. The lowest BCUT2D eigenvalue weighted by atomic mass is 10.2. The van der Waals surface area contributed by atoms with Gasteiger partial charge in [0.2, 0.25) is 5.95 Å². The summed E-state index contributed by atoms with van der Waals surface area (Å²) in [6, 6.07) is 10.6. The van der Waals surface area contributed by atoms with E-state index in [2.05, 4.69) is 15.3 Å². The van der Waals surface area contributed by atoms with Gasteiger partial charge in [-0.1, -0.05) is 18.2 Å². The molecule has 2 aromatic rings. The highest BCUT2D eigenvalue weighted by atomic mass is 16.1. The Morgan fingerprint density at radius 1 is 1.00 bits per heavy atom. The molecular weight excluding hydrogens is 190 g/mol. The number of amides is 1. The third-order valence-electron chi connectivity index (χ3n) is 1.83. The molecule has 0 radical (unpaired) electrons. The molecule has 0 aliphatic carbocycles. The van der Waals surface area contributed by atoms with E-state index in [1.807, 2.05) is 6.07 Å². The van der Waals surface area contributed by atoms with E-state index in [0.717, 1.165) is 0 Å². The van der Waals surface area contributed by atoms with Crippen LogP contribution in [0.4, 0.5) is 5.95 Å². The molecule has 1 aromatic heterocycles. The van der Waals surface area contributed by atoms with Gasteiger partial charge in [0.05, 0.1) is 0 Å². The van der Waals surface area contributed by atoms with Crippen LogP contribution < -0.4 is 5.32 Å². The van der Waals surface area contributed by atoms with Crippen molar-refractivity contribution in [2.24, 2.45) is 0 Å². The summed E-state index contributed by atoms with van der Waals surface area (Å²) in [7, 11) is 0. The van der Waals surface area contributed by atoms with Gasteiger partial charge >= 0.3 is 0 Å². The molecule has 15 heavy (non-hydrogen) atoms. The van der Waals surface area contributed by atoms with E-state index < -0.39 is 0 Å². The largest absolute Gasteiger partial charge is 0.290 e. The molecule has 74 valence electrons. The normalized spacial score (nSPS) is 9.60. The summed E-state index contributed by atoms with van der Waals surface area (Å²) in [4.78, 5) is 19.4. The summed E-state index contributed by atoms with van der Waals surface area (Å²) in [6.45, 7) is 0. The molecule has 2 rings (SSSR count). The van der Waals surface area contributed by atoms with Crippen molar-refractivity contribution in [1.29, 1.82) is 0 Å². The monoisotopic (exact) mass is 199 g/mol. The maximum Gasteiger partial charge on any atom is 0.258 e. The zero-order chi connectivity index (χ0) is 10.5. The van der Waals surface area contributed by atoms with Crippen molar-refractivity contribution in [3.63, 3.8) is 0 Å². The second-order valence-electron chi connectivity index (χ2n) is 2.89. The Balaban J connectivity index is 2.12. The number of carbonyl (C=O) groups is 1. The third-order valence-corrected chi connectivity index (χ3v) is 1.83. The first-order valence-corrected chi connectivity index (χ1v) is 4.50. The van der Waals surface area contributed by atoms with Gasteiger partial charge < -0.3 is 0 Å². The van der Waals surface area contributed by atoms with Crippen molar-refractivity contribution in [3.05, 3.63) is 54.4 Å². The highest BCUT2D eigenvalue weighted by molar-refractivity contribution is 6.03. The van der Waals surface area contributed by atoms with Crippen LogP contribution in [0.5, 0.6) is 0 Å². The second kappa shape index (κ2) is 4.32. The highest BCUT2D eigenvalue weighted by Gasteiger charge is 2.05. The van der Waals surface area contributed by atoms with E-state index in [1.165, 1.54) is 0 Å². The zero-order valence-corrected chi connectivity index (χ0v) is 7.92. The van der Waals surface area contributed by atoms with E-state index in [-0.39, 0.29) is 5.91 Å². The lowest BCUT2D eigenvalue weighted by Crippen LogP contribution is -2.13. The minimum absolute atomic E-state index is 0.207. The Bertz CT molecular complexity index is 442. The number of benzene rings is 1. The summed E-state index contributed by atoms with van der Waals surface area (Å²) < 4.78 is 0. The molecule has 4 nitrogen and oxygen atoms in total. The van der Waals surface area contributed by atoms with Gasteiger partial charge in [-0.05, 0) is 18.2 Å². The van der Waals surface area contributed by atoms with E-state index in [1.54, 1.807) is 42.7 Å². The topological polar surface area (TPSA) is 54.9 Å². The summed E-state index contributed by atoms with van der Waals surface area (Å²) in [5.41, 5.74) is 0.588. The van der Waals surface area contributed by atoms with Gasteiger partial charge in [0.1, 0.15) is 0 Å². The predicted molar refractivity (Wildman–Crippen MR) is 56.4 cm³/mol. The number of carbonyl (C=O) groups excluding carboxylic acids is 1. The Labute approximate surface area is 87.0 Å². The molecule has 1 heterocycles. The average molecular weight is 199 g/mol. The molecule has 4 heteroatoms. The molecule has 0 aliphatic rings. The van der Waals surface area contributed by atoms with Crippen LogP contribution in [0, 0.1) is 0 Å². The van der Waals surface area contributed by atoms with Crippen LogP contribution in [-0.2, 0) is 0 Å². The van der Waals surface area contributed by atoms with Gasteiger partial charge in [0, 0.05) is 18.0 Å². The number of nitrogens with zero attached hydrogens (tertiary/aromatic N) is 2. The van der Waals surface area contributed by atoms with Gasteiger partial charge in [-0.3, -0.25) is 10.1 Å². The first-order valence-electron chi connectivity index (χ1n) is 4.50. The fourth-order valence-corrected chi connectivity index (χ4v) is 1.13. The molecule has 0 bridgehead atoms. The summed E-state index contributed by atoms with van der Waals surface area (Å²) >= 11 is 0. The molecule has 1 N–H and O–H groups in total. The van der Waals surface area contributed by atoms with Crippen molar-refractivity contribution < 1.29 is 4.79 Å². The van der Waals surface area contributed by atoms with Crippen molar-refractivity contribution in [3.8, 4) is 0 Å². The molecule has 0 saturated heterocycles. The van der Waals surface area contributed by atoms with Crippen LogP contribution in [0.2, 0.25) is 0 Å². The second-order valence-corrected chi connectivity index (χ2v) is 2.89. The quantitative estimate of drug-likeness (QED) is 0.801. The van der Waals surface area contributed by atoms with Crippen LogP contribution in [0.1, 0.15) is 10.4 Å². The molecule has 0 atom stereocenters. The number of rotatable bonds is 2. The van der Waals surface area contributed by atoms with Gasteiger partial charge in [0.25, 0.3) is 5.91 Å². The van der Waals surface area contributed by atoms with Gasteiger partial charge in [-0.2, -0.15) is 0 Å². The molecule has 0 fully saturated rings. The minimum Gasteiger partial charge on any atom is -0.290 e. The SMILES string of the molecule is O=C(Nc1ncccn1)c1ccccc1. The Kier molecular flexibility index (Phi) is 2.69. The van der Waals surface area contributed by atoms with Crippen molar-refractivity contribution in [2.45, 2.75) is 0 Å². The number of hydrogen-bond donors (Lipinski definition) is 1. The van der Waals surface area contributed by atoms with Crippen molar-refractivity contribution >= 4 is 11.9 Å². The summed E-state index contributed by atoms with van der Waals surface area (Å²) in [5.74, 6) is 0.105. The van der Waals surface area contributed by atoms with Gasteiger partial charge in [0.15, 0.2) is 0 Å². The highest BCUT2D eigenvalue weighted by Crippen LogP contribution is 2.02. The average Bonchev–Trinajstić information content (AvgIpc) is 2.31. The number of nitrogens with one attached hydrogen (secondary N) is 1. The Morgan fingerprint density at radius 3 is 2.33 bits per heavy atom. The predicted octanol–water partition coefficient (Wildman–Crippen LogP) is 1.73. The smallest absolute Gasteiger partial charge is 0.258 e. The van der Waals surface area contributed by atoms with Crippen molar-refractivity contribution in [1.82, 2.24) is 9.97 Å². The molecular formula is C11H9N3O. The molecule has 1 aromatic carbocycles. The molecule has 0 spiro atoms. The minimum atomic E-state index is -0.207. The fourth-order valence-electron chi connectivity index (χ4n) is 1.13. The Morgan fingerprint density at radius 2 is 1.67 bits per heavy atom. The number of aromatic nitrogens is 2. The van der Waals surface area contributed by atoms with Crippen LogP contribution in [0.25, 0.3) is 0 Å². The maximum absolute atomic E-state index is 11.6. The number of anilines is 1. The van der Waals surface area contributed by atoms with Gasteiger partial charge in [-0.15, -0.1) is 0 Å². The first kappa shape index (κ1) is 9.33. The lowest BCUT2D eigenvalue weighted by molar-refractivity contribution is 0.102. The summed E-state index contributed by atoms with van der Waals surface area (Å²) in [5, 5.41) is 2.60. The lowest BCUT2D eigenvalue weighted by Gasteiger charge is -2.01. The van der Waals surface area contributed by atoms with E-state index >= 15 is 0 Å². The maximum atomic E-state index is 11.6. The van der Waals surface area contributed by atoms with Crippen LogP contribution >= 0.6 is 0 Å². The first-order chi connectivity index (χ1) is 7.36. The van der Waals surface area contributed by atoms with E-state index in [9.17, 15) is 4.79 Å². The fraction of sp³-hybridized carbons (Fsp3) is 0. The van der Waals surface area contributed by atoms with E-state index in [4.69, 9.17) is 0 Å². The molecule has 0 unspecified atom stereocenters.